The first kappa shape index (κ1) is 10.7. The van der Waals surface area contributed by atoms with Crippen LogP contribution in [-0.4, -0.2) is 17.0 Å². The molecule has 4 heteroatoms. The van der Waals surface area contributed by atoms with E-state index in [9.17, 15) is 9.59 Å². The van der Waals surface area contributed by atoms with Crippen LogP contribution < -0.4 is 5.32 Å². The summed E-state index contributed by atoms with van der Waals surface area (Å²) >= 11 is 0. The second-order valence-electron chi connectivity index (χ2n) is 4.02. The molecule has 0 unspecified atom stereocenters. The highest BCUT2D eigenvalue weighted by Crippen LogP contribution is 2.27. The molecule has 2 rings (SSSR count). The predicted octanol–water partition coefficient (Wildman–Crippen LogP) is 1.76. The summed E-state index contributed by atoms with van der Waals surface area (Å²) in [6.45, 7) is 1.63. The summed E-state index contributed by atoms with van der Waals surface area (Å²) in [7, 11) is 0. The van der Waals surface area contributed by atoms with E-state index in [-0.39, 0.29) is 5.91 Å². The van der Waals surface area contributed by atoms with Crippen molar-refractivity contribution in [3.8, 4) is 0 Å². The Morgan fingerprint density at radius 2 is 2.19 bits per heavy atom. The largest absolute Gasteiger partial charge is 0.481 e. The molecule has 1 aliphatic rings. The highest BCUT2D eigenvalue weighted by atomic mass is 16.4. The number of carboxylic acids is 1. The number of anilines is 1. The van der Waals surface area contributed by atoms with E-state index < -0.39 is 11.9 Å². The minimum Gasteiger partial charge on any atom is -0.481 e. The number of fused-ring (bicyclic) bond motifs is 1. The van der Waals surface area contributed by atoms with Crippen LogP contribution in [0.1, 0.15) is 30.4 Å². The van der Waals surface area contributed by atoms with E-state index in [0.717, 1.165) is 17.7 Å². The molecule has 1 aromatic rings. The Balaban J connectivity index is 2.34. The van der Waals surface area contributed by atoms with Gasteiger partial charge in [0, 0.05) is 12.1 Å². The molecule has 2 N–H and O–H groups in total. The van der Waals surface area contributed by atoms with E-state index in [1.165, 1.54) is 0 Å². The zero-order valence-corrected chi connectivity index (χ0v) is 8.99. The highest BCUT2D eigenvalue weighted by Gasteiger charge is 2.18. The van der Waals surface area contributed by atoms with Crippen LogP contribution in [0.3, 0.4) is 0 Å². The van der Waals surface area contributed by atoms with E-state index in [0.29, 0.717) is 12.0 Å². The first-order valence-electron chi connectivity index (χ1n) is 5.23. The zero-order valence-electron chi connectivity index (χ0n) is 8.99. The average molecular weight is 219 g/mol. The lowest BCUT2D eigenvalue weighted by atomic mass is 9.95. The third-order valence-corrected chi connectivity index (χ3v) is 2.90. The number of carbonyl (C=O) groups is 2. The number of aliphatic carboxylic acids is 1. The molecule has 0 fully saturated rings. The first-order chi connectivity index (χ1) is 7.58. The Labute approximate surface area is 93.3 Å². The van der Waals surface area contributed by atoms with Gasteiger partial charge in [0.1, 0.15) is 0 Å². The SMILES string of the molecule is C[C@@H](C(=O)O)c1ccc2c(c1)NC(=O)CC2. The van der Waals surface area contributed by atoms with Crippen molar-refractivity contribution in [3.05, 3.63) is 29.3 Å². The van der Waals surface area contributed by atoms with Crippen molar-refractivity contribution in [2.75, 3.05) is 5.32 Å². The van der Waals surface area contributed by atoms with Crippen LogP contribution in [0.5, 0.6) is 0 Å². The number of hydrogen-bond donors (Lipinski definition) is 2. The minimum absolute atomic E-state index is 0.00683. The summed E-state index contributed by atoms with van der Waals surface area (Å²) < 4.78 is 0. The maximum absolute atomic E-state index is 11.2. The molecule has 0 aliphatic carbocycles. The number of carbonyl (C=O) groups excluding carboxylic acids is 1. The fraction of sp³-hybridized carbons (Fsp3) is 0.333. The predicted molar refractivity (Wildman–Crippen MR) is 59.4 cm³/mol. The van der Waals surface area contributed by atoms with Crippen LogP contribution in [0.25, 0.3) is 0 Å². The van der Waals surface area contributed by atoms with Crippen LogP contribution in [0.4, 0.5) is 5.69 Å². The molecule has 0 spiro atoms. The lowest BCUT2D eigenvalue weighted by molar-refractivity contribution is -0.138. The molecule has 4 nitrogen and oxygen atoms in total. The van der Waals surface area contributed by atoms with Crippen LogP contribution in [0.15, 0.2) is 18.2 Å². The first-order valence-corrected chi connectivity index (χ1v) is 5.23. The summed E-state index contributed by atoms with van der Waals surface area (Å²) in [6.07, 6.45) is 1.23. The number of nitrogens with one attached hydrogen (secondary N) is 1. The molecule has 1 aromatic carbocycles. The zero-order chi connectivity index (χ0) is 11.7. The lowest BCUT2D eigenvalue weighted by Crippen LogP contribution is -2.19. The molecule has 0 bridgehead atoms. The van der Waals surface area contributed by atoms with Gasteiger partial charge in [-0.25, -0.2) is 0 Å². The van der Waals surface area contributed by atoms with Gasteiger partial charge < -0.3 is 10.4 Å². The Bertz CT molecular complexity index is 454. The standard InChI is InChI=1S/C12H13NO3/c1-7(12(15)16)9-3-2-8-4-5-11(14)13-10(8)6-9/h2-3,6-7H,4-5H2,1H3,(H,13,14)(H,15,16)/t7-/m1/s1. The molecule has 0 saturated heterocycles. The molecule has 1 atom stereocenters. The second-order valence-corrected chi connectivity index (χ2v) is 4.02. The summed E-state index contributed by atoms with van der Waals surface area (Å²) in [6, 6.07) is 5.46. The van der Waals surface area contributed by atoms with Gasteiger partial charge in [-0.05, 0) is 30.5 Å². The van der Waals surface area contributed by atoms with E-state index in [1.54, 1.807) is 13.0 Å². The second kappa shape index (κ2) is 3.96. The summed E-state index contributed by atoms with van der Waals surface area (Å²) in [4.78, 5) is 22.1. The van der Waals surface area contributed by atoms with Crippen molar-refractivity contribution in [2.45, 2.75) is 25.7 Å². The number of hydrogen-bond acceptors (Lipinski definition) is 2. The Hall–Kier alpha value is -1.84. The van der Waals surface area contributed by atoms with Crippen molar-refractivity contribution < 1.29 is 14.7 Å². The maximum atomic E-state index is 11.2. The smallest absolute Gasteiger partial charge is 0.310 e. The molecule has 0 saturated carbocycles. The number of aryl methyl sites for hydroxylation is 1. The van der Waals surface area contributed by atoms with Gasteiger partial charge in [-0.2, -0.15) is 0 Å². The molecule has 84 valence electrons. The van der Waals surface area contributed by atoms with Crippen LogP contribution in [0.2, 0.25) is 0 Å². The molecule has 0 aromatic heterocycles. The highest BCUT2D eigenvalue weighted by molar-refractivity contribution is 5.94. The third kappa shape index (κ3) is 1.91. The van der Waals surface area contributed by atoms with Gasteiger partial charge in [-0.3, -0.25) is 9.59 Å². The summed E-state index contributed by atoms with van der Waals surface area (Å²) in [5.41, 5.74) is 2.54. The minimum atomic E-state index is -0.859. The quantitative estimate of drug-likeness (QED) is 0.796. The molecular weight excluding hydrogens is 206 g/mol. The number of rotatable bonds is 2. The van der Waals surface area contributed by atoms with Crippen molar-refractivity contribution in [2.24, 2.45) is 0 Å². The Morgan fingerprint density at radius 3 is 2.88 bits per heavy atom. The molecule has 0 radical (unpaired) electrons. The summed E-state index contributed by atoms with van der Waals surface area (Å²) in [5, 5.41) is 11.7. The summed E-state index contributed by atoms with van der Waals surface area (Å²) in [5.74, 6) is -1.42. The van der Waals surface area contributed by atoms with Crippen LogP contribution in [0, 0.1) is 0 Å². The van der Waals surface area contributed by atoms with Gasteiger partial charge in [0.25, 0.3) is 0 Å². The lowest BCUT2D eigenvalue weighted by Gasteiger charge is -2.18. The molecule has 1 heterocycles. The average Bonchev–Trinajstić information content (AvgIpc) is 2.26. The van der Waals surface area contributed by atoms with Gasteiger partial charge >= 0.3 is 5.97 Å². The molecule has 1 aliphatic heterocycles. The molecule has 1 amide bonds. The van der Waals surface area contributed by atoms with E-state index in [1.807, 2.05) is 12.1 Å². The monoisotopic (exact) mass is 219 g/mol. The topological polar surface area (TPSA) is 66.4 Å². The van der Waals surface area contributed by atoms with E-state index in [2.05, 4.69) is 5.32 Å². The van der Waals surface area contributed by atoms with Gasteiger partial charge in [-0.15, -0.1) is 0 Å². The maximum Gasteiger partial charge on any atom is 0.310 e. The van der Waals surface area contributed by atoms with Gasteiger partial charge in [0.2, 0.25) is 5.91 Å². The van der Waals surface area contributed by atoms with E-state index in [4.69, 9.17) is 5.11 Å². The van der Waals surface area contributed by atoms with Gasteiger partial charge in [0.05, 0.1) is 5.92 Å². The van der Waals surface area contributed by atoms with Crippen molar-refractivity contribution in [3.63, 3.8) is 0 Å². The van der Waals surface area contributed by atoms with Crippen molar-refractivity contribution in [1.29, 1.82) is 0 Å². The van der Waals surface area contributed by atoms with Crippen molar-refractivity contribution >= 4 is 17.6 Å². The fourth-order valence-electron chi connectivity index (χ4n) is 1.80. The fourth-order valence-corrected chi connectivity index (χ4v) is 1.80. The molecule has 16 heavy (non-hydrogen) atoms. The number of amides is 1. The van der Waals surface area contributed by atoms with E-state index >= 15 is 0 Å². The van der Waals surface area contributed by atoms with Crippen molar-refractivity contribution in [1.82, 2.24) is 0 Å². The van der Waals surface area contributed by atoms with Crippen LogP contribution >= 0.6 is 0 Å². The Morgan fingerprint density at radius 1 is 1.44 bits per heavy atom. The molecular formula is C12H13NO3. The van der Waals surface area contributed by atoms with Gasteiger partial charge in [-0.1, -0.05) is 12.1 Å². The number of benzene rings is 1. The van der Waals surface area contributed by atoms with Gasteiger partial charge in [0.15, 0.2) is 0 Å². The normalized spacial score (nSPS) is 16.2. The third-order valence-electron chi connectivity index (χ3n) is 2.90. The van der Waals surface area contributed by atoms with Crippen LogP contribution in [-0.2, 0) is 16.0 Å². The number of carboxylic acid groups (broad SMARTS) is 1. The Kier molecular flexibility index (Phi) is 2.64.